The Labute approximate surface area is 121 Å². The number of hydrogen-bond acceptors (Lipinski definition) is 2. The lowest BCUT2D eigenvalue weighted by molar-refractivity contribution is -0.123. The number of benzene rings is 1. The van der Waals surface area contributed by atoms with Crippen molar-refractivity contribution in [1.82, 2.24) is 5.32 Å². The van der Waals surface area contributed by atoms with E-state index in [2.05, 4.69) is 24.4 Å². The fourth-order valence-corrected chi connectivity index (χ4v) is 2.77. The summed E-state index contributed by atoms with van der Waals surface area (Å²) >= 11 is 0. The maximum Gasteiger partial charge on any atom is 0.258 e. The highest BCUT2D eigenvalue weighted by Gasteiger charge is 2.11. The molecule has 3 nitrogen and oxygen atoms in total. The minimum Gasteiger partial charge on any atom is -0.484 e. The average Bonchev–Trinajstić information content (AvgIpc) is 2.45. The lowest BCUT2D eigenvalue weighted by Crippen LogP contribution is -2.35. The van der Waals surface area contributed by atoms with Crippen LogP contribution in [0.5, 0.6) is 5.75 Å². The molecule has 1 amide bonds. The van der Waals surface area contributed by atoms with E-state index in [1.807, 2.05) is 13.0 Å². The van der Waals surface area contributed by atoms with Crippen LogP contribution in [0.25, 0.3) is 0 Å². The highest BCUT2D eigenvalue weighted by atomic mass is 16.5. The van der Waals surface area contributed by atoms with Gasteiger partial charge < -0.3 is 10.1 Å². The Bertz CT molecular complexity index is 456. The zero-order chi connectivity index (χ0) is 14.4. The number of carbonyl (C=O) groups excluding carboxylic acids is 1. The fraction of sp³-hybridized carbons (Fsp3) is 0.588. The molecule has 3 heteroatoms. The van der Waals surface area contributed by atoms with E-state index in [0.717, 1.165) is 25.0 Å². The minimum atomic E-state index is -0.0383. The van der Waals surface area contributed by atoms with Gasteiger partial charge in [-0.1, -0.05) is 19.4 Å². The van der Waals surface area contributed by atoms with Crippen LogP contribution >= 0.6 is 0 Å². The van der Waals surface area contributed by atoms with E-state index in [9.17, 15) is 4.79 Å². The molecule has 1 atom stereocenters. The van der Waals surface area contributed by atoms with Gasteiger partial charge >= 0.3 is 0 Å². The molecule has 1 aliphatic carbocycles. The highest BCUT2D eigenvalue weighted by Crippen LogP contribution is 2.25. The molecule has 1 aromatic carbocycles. The van der Waals surface area contributed by atoms with Crippen LogP contribution in [0.15, 0.2) is 18.2 Å². The van der Waals surface area contributed by atoms with Gasteiger partial charge in [-0.2, -0.15) is 0 Å². The minimum absolute atomic E-state index is 0.0383. The van der Waals surface area contributed by atoms with Crippen molar-refractivity contribution < 1.29 is 9.53 Å². The van der Waals surface area contributed by atoms with Gasteiger partial charge in [0, 0.05) is 6.04 Å². The van der Waals surface area contributed by atoms with E-state index in [4.69, 9.17) is 4.74 Å². The lowest BCUT2D eigenvalue weighted by atomic mass is 9.92. The van der Waals surface area contributed by atoms with Gasteiger partial charge in [0.25, 0.3) is 5.91 Å². The fourth-order valence-electron chi connectivity index (χ4n) is 2.77. The Hall–Kier alpha value is -1.51. The van der Waals surface area contributed by atoms with E-state index in [0.29, 0.717) is 0 Å². The van der Waals surface area contributed by atoms with E-state index in [1.165, 1.54) is 30.4 Å². The first kappa shape index (κ1) is 14.9. The molecule has 0 unspecified atom stereocenters. The maximum atomic E-state index is 11.8. The predicted octanol–water partition coefficient (Wildman–Crippen LogP) is 3.25. The molecule has 2 rings (SSSR count). The van der Waals surface area contributed by atoms with E-state index in [-0.39, 0.29) is 18.6 Å². The van der Waals surface area contributed by atoms with Crippen molar-refractivity contribution in [1.29, 1.82) is 0 Å². The SMILES string of the molecule is CCC[C@@H](C)NC(=O)COc1ccc2c(c1)CCCC2. The summed E-state index contributed by atoms with van der Waals surface area (Å²) in [5.41, 5.74) is 2.82. The quantitative estimate of drug-likeness (QED) is 0.865. The van der Waals surface area contributed by atoms with Crippen molar-refractivity contribution in [2.75, 3.05) is 6.61 Å². The van der Waals surface area contributed by atoms with Crippen LogP contribution in [0.4, 0.5) is 0 Å². The van der Waals surface area contributed by atoms with Gasteiger partial charge in [0.05, 0.1) is 0 Å². The van der Waals surface area contributed by atoms with Gasteiger partial charge in [0.1, 0.15) is 5.75 Å². The first-order valence-corrected chi connectivity index (χ1v) is 7.73. The molecular formula is C17H25NO2. The Morgan fingerprint density at radius 3 is 2.80 bits per heavy atom. The lowest BCUT2D eigenvalue weighted by Gasteiger charge is -2.17. The maximum absolute atomic E-state index is 11.8. The van der Waals surface area contributed by atoms with Gasteiger partial charge in [-0.05, 0) is 62.3 Å². The monoisotopic (exact) mass is 275 g/mol. The molecule has 1 aliphatic rings. The van der Waals surface area contributed by atoms with Crippen LogP contribution in [-0.2, 0) is 17.6 Å². The second-order valence-corrected chi connectivity index (χ2v) is 5.68. The third-order valence-corrected chi connectivity index (χ3v) is 3.82. The van der Waals surface area contributed by atoms with E-state index in [1.54, 1.807) is 0 Å². The number of carbonyl (C=O) groups is 1. The molecule has 0 fully saturated rings. The Morgan fingerprint density at radius 1 is 1.30 bits per heavy atom. The van der Waals surface area contributed by atoms with Crippen molar-refractivity contribution in [3.05, 3.63) is 29.3 Å². The first-order valence-electron chi connectivity index (χ1n) is 7.73. The zero-order valence-corrected chi connectivity index (χ0v) is 12.6. The number of hydrogen-bond donors (Lipinski definition) is 1. The van der Waals surface area contributed by atoms with Crippen molar-refractivity contribution in [2.24, 2.45) is 0 Å². The van der Waals surface area contributed by atoms with Crippen LogP contribution < -0.4 is 10.1 Å². The van der Waals surface area contributed by atoms with Crippen molar-refractivity contribution in [2.45, 2.75) is 58.4 Å². The average molecular weight is 275 g/mol. The summed E-state index contributed by atoms with van der Waals surface area (Å²) in [6.45, 7) is 4.25. The summed E-state index contributed by atoms with van der Waals surface area (Å²) in [4.78, 5) is 11.8. The Morgan fingerprint density at radius 2 is 2.05 bits per heavy atom. The Balaban J connectivity index is 1.83. The van der Waals surface area contributed by atoms with E-state index < -0.39 is 0 Å². The smallest absolute Gasteiger partial charge is 0.258 e. The topological polar surface area (TPSA) is 38.3 Å². The molecule has 0 saturated heterocycles. The van der Waals surface area contributed by atoms with Crippen LogP contribution in [0.3, 0.4) is 0 Å². The van der Waals surface area contributed by atoms with Crippen molar-refractivity contribution in [3.8, 4) is 5.75 Å². The Kier molecular flexibility index (Phi) is 5.45. The van der Waals surface area contributed by atoms with Crippen LogP contribution in [0.1, 0.15) is 50.7 Å². The molecule has 0 spiro atoms. The molecule has 0 radical (unpaired) electrons. The number of rotatable bonds is 6. The zero-order valence-electron chi connectivity index (χ0n) is 12.6. The number of nitrogens with one attached hydrogen (secondary N) is 1. The van der Waals surface area contributed by atoms with E-state index >= 15 is 0 Å². The standard InChI is InChI=1S/C17H25NO2/c1-3-6-13(2)18-17(19)12-20-16-10-9-14-7-4-5-8-15(14)11-16/h9-11,13H,3-8,12H2,1-2H3,(H,18,19)/t13-/m1/s1. The number of ether oxygens (including phenoxy) is 1. The van der Waals surface area contributed by atoms with Gasteiger partial charge in [0.15, 0.2) is 6.61 Å². The van der Waals surface area contributed by atoms with Crippen LogP contribution in [0.2, 0.25) is 0 Å². The largest absolute Gasteiger partial charge is 0.484 e. The number of fused-ring (bicyclic) bond motifs is 1. The molecular weight excluding hydrogens is 250 g/mol. The summed E-state index contributed by atoms with van der Waals surface area (Å²) in [6.07, 6.45) is 6.92. The molecule has 0 bridgehead atoms. The molecule has 0 saturated carbocycles. The van der Waals surface area contributed by atoms with Gasteiger partial charge in [-0.15, -0.1) is 0 Å². The summed E-state index contributed by atoms with van der Waals surface area (Å²) in [7, 11) is 0. The van der Waals surface area contributed by atoms with Crippen LogP contribution in [-0.4, -0.2) is 18.6 Å². The number of aryl methyl sites for hydroxylation is 2. The predicted molar refractivity (Wildman–Crippen MR) is 81.1 cm³/mol. The van der Waals surface area contributed by atoms with Crippen LogP contribution in [0, 0.1) is 0 Å². The summed E-state index contributed by atoms with van der Waals surface area (Å²) in [5.74, 6) is 0.771. The van der Waals surface area contributed by atoms with Crippen molar-refractivity contribution in [3.63, 3.8) is 0 Å². The molecule has 0 aromatic heterocycles. The normalized spacial score (nSPS) is 15.3. The van der Waals surface area contributed by atoms with Gasteiger partial charge in [-0.3, -0.25) is 4.79 Å². The molecule has 1 aromatic rings. The highest BCUT2D eigenvalue weighted by molar-refractivity contribution is 5.77. The molecule has 20 heavy (non-hydrogen) atoms. The molecule has 0 aliphatic heterocycles. The second-order valence-electron chi connectivity index (χ2n) is 5.68. The summed E-state index contributed by atoms with van der Waals surface area (Å²) in [6, 6.07) is 6.44. The van der Waals surface area contributed by atoms with Gasteiger partial charge in [0.2, 0.25) is 0 Å². The number of amides is 1. The third kappa shape index (κ3) is 4.26. The third-order valence-electron chi connectivity index (χ3n) is 3.82. The second kappa shape index (κ2) is 7.32. The van der Waals surface area contributed by atoms with Crippen molar-refractivity contribution >= 4 is 5.91 Å². The molecule has 0 heterocycles. The van der Waals surface area contributed by atoms with Gasteiger partial charge in [-0.25, -0.2) is 0 Å². The molecule has 110 valence electrons. The first-order chi connectivity index (χ1) is 9.69. The molecule has 1 N–H and O–H groups in total. The summed E-state index contributed by atoms with van der Waals surface area (Å²) in [5, 5.41) is 2.95. The summed E-state index contributed by atoms with van der Waals surface area (Å²) < 4.78 is 5.60.